The Morgan fingerprint density at radius 2 is 0.731 bits per heavy atom. The van der Waals surface area contributed by atoms with Crippen molar-refractivity contribution < 1.29 is 90.6 Å². The lowest BCUT2D eigenvalue weighted by atomic mass is 9.95. The first-order chi connectivity index (χ1) is 36.9. The van der Waals surface area contributed by atoms with Crippen molar-refractivity contribution >= 4 is 24.1 Å². The number of esters is 2. The highest BCUT2D eigenvalue weighted by molar-refractivity contribution is 5.97. The molecule has 3 rings (SSSR count). The molecule has 0 aromatic heterocycles. The van der Waals surface area contributed by atoms with E-state index < -0.39 is 109 Å². The molecule has 2 aromatic rings. The largest absolute Gasteiger partial charge is 0.507 e. The van der Waals surface area contributed by atoms with Gasteiger partial charge < -0.3 is 81.0 Å². The van der Waals surface area contributed by atoms with E-state index in [1.54, 1.807) is 111 Å². The molecule has 18 heteroatoms. The van der Waals surface area contributed by atoms with Gasteiger partial charge in [-0.3, -0.25) is 0 Å². The Labute approximate surface area is 457 Å². The van der Waals surface area contributed by atoms with Crippen LogP contribution in [0.5, 0.6) is 11.5 Å². The minimum Gasteiger partial charge on any atom is -0.507 e. The maximum atomic E-state index is 13.6. The van der Waals surface area contributed by atoms with Crippen molar-refractivity contribution in [3.63, 3.8) is 0 Å². The number of phenols is 2. The summed E-state index contributed by atoms with van der Waals surface area (Å²) in [5, 5.41) is 149. The monoisotopic (exact) mass is 1090 g/mol. The summed E-state index contributed by atoms with van der Waals surface area (Å²) in [5.41, 5.74) is 1.69. The molecule has 1 aliphatic rings. The molecule has 0 spiro atoms. The zero-order chi connectivity index (χ0) is 57.9. The predicted molar refractivity (Wildman–Crippen MR) is 296 cm³/mol. The Bertz CT molecular complexity index is 2220. The summed E-state index contributed by atoms with van der Waals surface area (Å²) in [6.45, 7) is 6.25. The van der Waals surface area contributed by atoms with Crippen molar-refractivity contribution in [2.45, 2.75) is 190 Å². The Hall–Kier alpha value is -5.58. The fraction of sp³-hybridized carbons (Fsp3) is 0.500. The molecule has 2 aromatic carbocycles. The molecule has 0 aliphatic carbocycles. The zero-order valence-electron chi connectivity index (χ0n) is 45.0. The molecule has 18 nitrogen and oxygen atoms in total. The molecule has 14 N–H and O–H groups in total. The number of allylic oxidation sites excluding steroid dienone is 12. The summed E-state index contributed by atoms with van der Waals surface area (Å²) in [7, 11) is 0. The number of carbonyl (C=O) groups excluding carboxylic acids is 2. The van der Waals surface area contributed by atoms with Gasteiger partial charge in [-0.05, 0) is 102 Å². The van der Waals surface area contributed by atoms with Gasteiger partial charge in [-0.25, -0.2) is 9.59 Å². The number of phenolic OH excluding ortho intramolecular Hbond substituents is 2. The van der Waals surface area contributed by atoms with Gasteiger partial charge in [-0.15, -0.1) is 0 Å². The standard InChI is InChI=1S/C60H84O18/c1-37-17-11-7-5-9-13-19-41-21-15-23-53(71)57(41)59(75)78-52(36-56(74)40(4)62)34-50(70)32-48(68)30-46(66)28-44(64)26-38(2)18-12-8-6-10-14-20-42-22-16-24-54(72)58(42)60(76)77-51(35-55(73)39(3)61)33-49(69)31-47(67)29-45(65)27-43(63)25-37/h5-24,39-40,43-52,55-56,61-74H,25-36H2,1-4H3/b9-5+,10-6+,11-7+,12-8+,19-13+,20-14+,37-17+,38-18+. The number of aliphatic hydroxyl groups excluding tert-OH is 12. The van der Waals surface area contributed by atoms with Crippen LogP contribution in [0, 0.1) is 0 Å². The van der Waals surface area contributed by atoms with Gasteiger partial charge in [0, 0.05) is 25.7 Å². The number of cyclic esters (lactones) is 2. The molecule has 0 saturated carbocycles. The Morgan fingerprint density at radius 3 is 1.06 bits per heavy atom. The van der Waals surface area contributed by atoms with E-state index in [0.717, 1.165) is 11.1 Å². The lowest BCUT2D eigenvalue weighted by Gasteiger charge is -2.26. The van der Waals surface area contributed by atoms with Crippen LogP contribution in [-0.2, 0) is 9.47 Å². The van der Waals surface area contributed by atoms with E-state index in [1.807, 2.05) is 0 Å². The fourth-order valence-electron chi connectivity index (χ4n) is 8.83. The molecular formula is C60H84O18. The maximum absolute atomic E-state index is 13.6. The first-order valence-electron chi connectivity index (χ1n) is 26.5. The molecule has 0 bridgehead atoms. The number of benzene rings is 2. The van der Waals surface area contributed by atoms with E-state index >= 15 is 0 Å². The van der Waals surface area contributed by atoms with Gasteiger partial charge >= 0.3 is 11.9 Å². The third-order valence-corrected chi connectivity index (χ3v) is 12.9. The number of aromatic hydroxyl groups is 2. The zero-order valence-corrected chi connectivity index (χ0v) is 45.0. The van der Waals surface area contributed by atoms with Crippen molar-refractivity contribution in [2.24, 2.45) is 0 Å². The molecule has 432 valence electrons. The highest BCUT2D eigenvalue weighted by Gasteiger charge is 2.30. The van der Waals surface area contributed by atoms with Crippen LogP contribution in [0.4, 0.5) is 0 Å². The van der Waals surface area contributed by atoms with Crippen LogP contribution in [0.1, 0.15) is 137 Å². The van der Waals surface area contributed by atoms with Crippen molar-refractivity contribution in [3.05, 3.63) is 143 Å². The molecule has 0 amide bonds. The number of fused-ring (bicyclic) bond motifs is 2. The van der Waals surface area contributed by atoms with Gasteiger partial charge in [0.15, 0.2) is 0 Å². The molecule has 1 heterocycles. The van der Waals surface area contributed by atoms with E-state index in [1.165, 1.54) is 38.1 Å². The summed E-state index contributed by atoms with van der Waals surface area (Å²) >= 11 is 0. The van der Waals surface area contributed by atoms with Gasteiger partial charge in [0.1, 0.15) is 34.8 Å². The Kier molecular flexibility index (Phi) is 30.0. The lowest BCUT2D eigenvalue weighted by Crippen LogP contribution is -2.34. The van der Waals surface area contributed by atoms with Gasteiger partial charge in [-0.2, -0.15) is 0 Å². The average molecular weight is 1090 g/mol. The molecule has 14 unspecified atom stereocenters. The molecule has 0 fully saturated rings. The number of ether oxygens (including phenoxy) is 2. The van der Waals surface area contributed by atoms with Crippen LogP contribution in [0.3, 0.4) is 0 Å². The summed E-state index contributed by atoms with van der Waals surface area (Å²) in [6, 6.07) is 8.76. The van der Waals surface area contributed by atoms with E-state index in [9.17, 15) is 81.1 Å². The van der Waals surface area contributed by atoms with Crippen LogP contribution in [0.2, 0.25) is 0 Å². The van der Waals surface area contributed by atoms with Crippen LogP contribution in [0.15, 0.2) is 120 Å². The van der Waals surface area contributed by atoms with Gasteiger partial charge in [0.25, 0.3) is 0 Å². The van der Waals surface area contributed by atoms with Crippen LogP contribution in [-0.4, -0.2) is 169 Å². The highest BCUT2D eigenvalue weighted by Crippen LogP contribution is 2.29. The maximum Gasteiger partial charge on any atom is 0.342 e. The minimum absolute atomic E-state index is 0.0902. The van der Waals surface area contributed by atoms with Gasteiger partial charge in [0.05, 0.1) is 73.2 Å². The molecule has 1 aliphatic heterocycles. The lowest BCUT2D eigenvalue weighted by molar-refractivity contribution is -0.0375. The van der Waals surface area contributed by atoms with E-state index in [0.29, 0.717) is 0 Å². The SMILES string of the molecule is C\C1=C/C=C/C=C/C=C/c2cccc(O)c2C(=O)OC(CC(O)C(C)O)CC(O)CC(O)CC(O)CC(O)C/C(C)=C/C=C/C=C/C=C/c2cccc(O)c2C(=O)OC(CC(O)C(C)O)CC(O)CC(O)CC(O)CC(O)C1. The second-order valence-corrected chi connectivity index (χ2v) is 20.4. The summed E-state index contributed by atoms with van der Waals surface area (Å²) in [5.74, 6) is -2.75. The Balaban J connectivity index is 1.87. The number of aliphatic hydroxyl groups is 12. The summed E-state index contributed by atoms with van der Waals surface area (Å²) < 4.78 is 11.4. The van der Waals surface area contributed by atoms with Crippen molar-refractivity contribution in [1.82, 2.24) is 0 Å². The second kappa shape index (κ2) is 35.1. The van der Waals surface area contributed by atoms with Crippen LogP contribution in [0.25, 0.3) is 12.2 Å². The van der Waals surface area contributed by atoms with E-state index in [4.69, 9.17) is 9.47 Å². The second-order valence-electron chi connectivity index (χ2n) is 20.4. The third-order valence-electron chi connectivity index (χ3n) is 12.9. The van der Waals surface area contributed by atoms with Gasteiger partial charge in [0.2, 0.25) is 0 Å². The van der Waals surface area contributed by atoms with E-state index in [-0.39, 0.29) is 99.3 Å². The van der Waals surface area contributed by atoms with Crippen LogP contribution >= 0.6 is 0 Å². The smallest absolute Gasteiger partial charge is 0.342 e. The number of rotatable bonds is 6. The number of carbonyl (C=O) groups is 2. The minimum atomic E-state index is -1.36. The van der Waals surface area contributed by atoms with Gasteiger partial charge in [-0.1, -0.05) is 120 Å². The molecule has 0 radical (unpaired) electrons. The normalized spacial score (nSPS) is 31.6. The number of hydrogen-bond donors (Lipinski definition) is 14. The summed E-state index contributed by atoms with van der Waals surface area (Å²) in [6.07, 6.45) is 4.61. The van der Waals surface area contributed by atoms with Crippen LogP contribution < -0.4 is 0 Å². The molecular weight excluding hydrogens is 1010 g/mol. The highest BCUT2D eigenvalue weighted by atomic mass is 16.6. The Morgan fingerprint density at radius 1 is 0.436 bits per heavy atom. The molecule has 0 saturated heterocycles. The first kappa shape index (κ1) is 66.7. The predicted octanol–water partition coefficient (Wildman–Crippen LogP) is 5.06. The van der Waals surface area contributed by atoms with Crippen molar-refractivity contribution in [1.29, 1.82) is 0 Å². The van der Waals surface area contributed by atoms with Crippen molar-refractivity contribution in [2.75, 3.05) is 0 Å². The summed E-state index contributed by atoms with van der Waals surface area (Å²) in [4.78, 5) is 27.2. The van der Waals surface area contributed by atoms with Crippen molar-refractivity contribution in [3.8, 4) is 11.5 Å². The fourth-order valence-corrected chi connectivity index (χ4v) is 8.83. The average Bonchev–Trinajstić information content (AvgIpc) is 3.32. The molecule has 14 atom stereocenters. The quantitative estimate of drug-likeness (QED) is 0.168. The number of hydrogen-bond acceptors (Lipinski definition) is 18. The van der Waals surface area contributed by atoms with E-state index in [2.05, 4.69) is 0 Å². The first-order valence-corrected chi connectivity index (χ1v) is 26.5. The molecule has 78 heavy (non-hydrogen) atoms. The third kappa shape index (κ3) is 25.9. The topological polar surface area (TPSA) is 336 Å².